The summed E-state index contributed by atoms with van der Waals surface area (Å²) in [6, 6.07) is 5.30. The Labute approximate surface area is 122 Å². The van der Waals surface area contributed by atoms with Crippen molar-refractivity contribution in [3.63, 3.8) is 0 Å². The molecule has 0 spiro atoms. The fraction of sp³-hybridized carbons (Fsp3) is 0.500. The van der Waals surface area contributed by atoms with Gasteiger partial charge in [0.15, 0.2) is 11.5 Å². The van der Waals surface area contributed by atoms with Crippen molar-refractivity contribution >= 4 is 27.5 Å². The summed E-state index contributed by atoms with van der Waals surface area (Å²) in [5.41, 5.74) is 0.698. The second-order valence-electron chi connectivity index (χ2n) is 4.17. The van der Waals surface area contributed by atoms with E-state index < -0.39 is 0 Å². The highest BCUT2D eigenvalue weighted by molar-refractivity contribution is 9.10. The fourth-order valence-corrected chi connectivity index (χ4v) is 2.09. The Hall–Kier alpha value is -1.23. The molecule has 0 heterocycles. The molecule has 106 valence electrons. The van der Waals surface area contributed by atoms with E-state index in [-0.39, 0.29) is 10.7 Å². The Bertz CT molecular complexity index is 423. The van der Waals surface area contributed by atoms with E-state index in [1.54, 1.807) is 32.4 Å². The molecule has 1 amide bonds. The molecule has 1 unspecified atom stereocenters. The van der Waals surface area contributed by atoms with E-state index >= 15 is 0 Å². The number of carbonyl (C=O) groups is 1. The number of ether oxygens (including phenoxy) is 2. The number of hydrogen-bond donors (Lipinski definition) is 1. The molecule has 4 nitrogen and oxygen atoms in total. The van der Waals surface area contributed by atoms with Crippen LogP contribution in [0.1, 0.15) is 26.2 Å². The van der Waals surface area contributed by atoms with Crippen molar-refractivity contribution in [2.45, 2.75) is 31.0 Å². The van der Waals surface area contributed by atoms with Gasteiger partial charge in [0.1, 0.15) is 0 Å². The van der Waals surface area contributed by atoms with Gasteiger partial charge in [0.2, 0.25) is 5.91 Å². The molecule has 1 aromatic rings. The van der Waals surface area contributed by atoms with Crippen molar-refractivity contribution in [1.29, 1.82) is 0 Å². The number of alkyl halides is 1. The van der Waals surface area contributed by atoms with E-state index in [1.807, 2.05) is 0 Å². The number of halogens is 1. The Balaban J connectivity index is 2.69. The van der Waals surface area contributed by atoms with Gasteiger partial charge in [0, 0.05) is 11.8 Å². The normalized spacial score (nSPS) is 11.8. The molecule has 0 saturated heterocycles. The largest absolute Gasteiger partial charge is 0.493 e. The van der Waals surface area contributed by atoms with Crippen LogP contribution in [0, 0.1) is 0 Å². The zero-order chi connectivity index (χ0) is 14.3. The molecule has 0 aliphatic carbocycles. The molecule has 1 rings (SSSR count). The second-order valence-corrected chi connectivity index (χ2v) is 5.27. The summed E-state index contributed by atoms with van der Waals surface area (Å²) in [5.74, 6) is 1.20. The summed E-state index contributed by atoms with van der Waals surface area (Å²) in [4.78, 5) is 11.8. The quantitative estimate of drug-likeness (QED) is 0.777. The summed E-state index contributed by atoms with van der Waals surface area (Å²) in [6.45, 7) is 2.10. The number of unbranched alkanes of at least 4 members (excludes halogenated alkanes) is 1. The standard InChI is InChI=1S/C14H20BrNO3/c1-4-5-6-11(15)14(17)16-10-7-8-12(18-2)13(9-10)19-3/h7-9,11H,4-6H2,1-3H3,(H,16,17). The van der Waals surface area contributed by atoms with Gasteiger partial charge in [-0.3, -0.25) is 4.79 Å². The number of amides is 1. The van der Waals surface area contributed by atoms with Crippen molar-refractivity contribution in [3.05, 3.63) is 18.2 Å². The molecule has 0 fully saturated rings. The van der Waals surface area contributed by atoms with Gasteiger partial charge < -0.3 is 14.8 Å². The van der Waals surface area contributed by atoms with Crippen LogP contribution in [0.2, 0.25) is 0 Å². The van der Waals surface area contributed by atoms with E-state index in [9.17, 15) is 4.79 Å². The molecule has 0 aromatic heterocycles. The second kappa shape index (κ2) is 8.04. The lowest BCUT2D eigenvalue weighted by Gasteiger charge is -2.13. The molecule has 5 heteroatoms. The Morgan fingerprint density at radius 2 is 2.00 bits per heavy atom. The summed E-state index contributed by atoms with van der Waals surface area (Å²) in [6.07, 6.45) is 2.93. The van der Waals surface area contributed by atoms with Gasteiger partial charge in [0.25, 0.3) is 0 Å². The Kier molecular flexibility index (Phi) is 6.70. The van der Waals surface area contributed by atoms with Gasteiger partial charge in [-0.05, 0) is 18.6 Å². The van der Waals surface area contributed by atoms with Crippen LogP contribution in [-0.4, -0.2) is 25.0 Å². The first kappa shape index (κ1) is 15.8. The van der Waals surface area contributed by atoms with E-state index in [0.29, 0.717) is 17.2 Å². The number of nitrogens with one attached hydrogen (secondary N) is 1. The highest BCUT2D eigenvalue weighted by atomic mass is 79.9. The number of hydrogen-bond acceptors (Lipinski definition) is 3. The minimum Gasteiger partial charge on any atom is -0.493 e. The van der Waals surface area contributed by atoms with Gasteiger partial charge in [0.05, 0.1) is 19.0 Å². The highest BCUT2D eigenvalue weighted by Gasteiger charge is 2.15. The highest BCUT2D eigenvalue weighted by Crippen LogP contribution is 2.30. The third-order valence-electron chi connectivity index (χ3n) is 2.75. The van der Waals surface area contributed by atoms with E-state index in [0.717, 1.165) is 19.3 Å². The topological polar surface area (TPSA) is 47.6 Å². The van der Waals surface area contributed by atoms with Gasteiger partial charge >= 0.3 is 0 Å². The molecule has 0 radical (unpaired) electrons. The molecule has 0 aliphatic heterocycles. The molecular formula is C14H20BrNO3. The van der Waals surface area contributed by atoms with Crippen molar-refractivity contribution in [2.24, 2.45) is 0 Å². The minimum atomic E-state index is -0.166. The zero-order valence-electron chi connectivity index (χ0n) is 11.5. The van der Waals surface area contributed by atoms with Crippen LogP contribution in [0.5, 0.6) is 11.5 Å². The van der Waals surface area contributed by atoms with Crippen LogP contribution in [0.15, 0.2) is 18.2 Å². The average Bonchev–Trinajstić information content (AvgIpc) is 2.44. The molecule has 1 atom stereocenters. The molecule has 19 heavy (non-hydrogen) atoms. The molecule has 1 N–H and O–H groups in total. The fourth-order valence-electron chi connectivity index (χ4n) is 1.65. The summed E-state index contributed by atoms with van der Waals surface area (Å²) >= 11 is 3.40. The number of anilines is 1. The van der Waals surface area contributed by atoms with Gasteiger partial charge in [-0.25, -0.2) is 0 Å². The predicted molar refractivity (Wildman–Crippen MR) is 80.4 cm³/mol. The maximum absolute atomic E-state index is 11.9. The smallest absolute Gasteiger partial charge is 0.238 e. The number of benzene rings is 1. The van der Waals surface area contributed by atoms with Gasteiger partial charge in [-0.1, -0.05) is 35.7 Å². The monoisotopic (exact) mass is 329 g/mol. The minimum absolute atomic E-state index is 0.0410. The van der Waals surface area contributed by atoms with E-state index in [4.69, 9.17) is 9.47 Å². The van der Waals surface area contributed by atoms with E-state index in [2.05, 4.69) is 28.2 Å². The number of carbonyl (C=O) groups excluding carboxylic acids is 1. The average molecular weight is 330 g/mol. The maximum atomic E-state index is 11.9. The van der Waals surface area contributed by atoms with Gasteiger partial charge in [-0.15, -0.1) is 0 Å². The van der Waals surface area contributed by atoms with Crippen molar-refractivity contribution in [1.82, 2.24) is 0 Å². The number of methoxy groups -OCH3 is 2. The van der Waals surface area contributed by atoms with Crippen molar-refractivity contribution in [2.75, 3.05) is 19.5 Å². The first-order valence-corrected chi connectivity index (χ1v) is 7.20. The Morgan fingerprint density at radius 1 is 1.32 bits per heavy atom. The van der Waals surface area contributed by atoms with Crippen LogP contribution in [0.4, 0.5) is 5.69 Å². The van der Waals surface area contributed by atoms with Gasteiger partial charge in [-0.2, -0.15) is 0 Å². The third-order valence-corrected chi connectivity index (χ3v) is 3.62. The molecule has 0 aliphatic rings. The van der Waals surface area contributed by atoms with Crippen LogP contribution in [0.3, 0.4) is 0 Å². The zero-order valence-corrected chi connectivity index (χ0v) is 13.1. The summed E-state index contributed by atoms with van der Waals surface area (Å²) < 4.78 is 10.3. The molecule has 1 aromatic carbocycles. The molecular weight excluding hydrogens is 310 g/mol. The Morgan fingerprint density at radius 3 is 2.58 bits per heavy atom. The van der Waals surface area contributed by atoms with Crippen LogP contribution in [0.25, 0.3) is 0 Å². The van der Waals surface area contributed by atoms with Crippen LogP contribution >= 0.6 is 15.9 Å². The first-order chi connectivity index (χ1) is 9.12. The number of rotatable bonds is 7. The van der Waals surface area contributed by atoms with Crippen LogP contribution in [-0.2, 0) is 4.79 Å². The molecule has 0 bridgehead atoms. The third kappa shape index (κ3) is 4.74. The van der Waals surface area contributed by atoms with Crippen molar-refractivity contribution in [3.8, 4) is 11.5 Å². The molecule has 0 saturated carbocycles. The SMILES string of the molecule is CCCCC(Br)C(=O)Nc1ccc(OC)c(OC)c1. The van der Waals surface area contributed by atoms with Crippen LogP contribution < -0.4 is 14.8 Å². The summed E-state index contributed by atoms with van der Waals surface area (Å²) in [5, 5.41) is 2.86. The first-order valence-electron chi connectivity index (χ1n) is 6.29. The summed E-state index contributed by atoms with van der Waals surface area (Å²) in [7, 11) is 3.15. The van der Waals surface area contributed by atoms with Crippen molar-refractivity contribution < 1.29 is 14.3 Å². The maximum Gasteiger partial charge on any atom is 0.238 e. The lowest BCUT2D eigenvalue weighted by Crippen LogP contribution is -2.22. The van der Waals surface area contributed by atoms with E-state index in [1.165, 1.54) is 0 Å². The lowest BCUT2D eigenvalue weighted by atomic mass is 10.2. The lowest BCUT2D eigenvalue weighted by molar-refractivity contribution is -0.115. The predicted octanol–water partition coefficient (Wildman–Crippen LogP) is 3.60.